The molecule has 0 spiro atoms. The predicted molar refractivity (Wildman–Crippen MR) is 82.7 cm³/mol. The molecule has 1 fully saturated rings. The Hall–Kier alpha value is -2.10. The van der Waals surface area contributed by atoms with E-state index in [4.69, 9.17) is 0 Å². The van der Waals surface area contributed by atoms with Crippen LogP contribution in [0.15, 0.2) is 42.7 Å². The number of hydrogen-bond acceptors (Lipinski definition) is 2. The van der Waals surface area contributed by atoms with Crippen molar-refractivity contribution in [1.29, 1.82) is 0 Å². The highest BCUT2D eigenvalue weighted by Gasteiger charge is 2.21. The molecule has 1 aromatic carbocycles. The predicted octanol–water partition coefficient (Wildman–Crippen LogP) is 3.03. The van der Waals surface area contributed by atoms with E-state index in [1.54, 1.807) is 4.68 Å². The summed E-state index contributed by atoms with van der Waals surface area (Å²) in [6, 6.07) is 9.81. The third kappa shape index (κ3) is 3.15. The first-order valence-corrected chi connectivity index (χ1v) is 7.61. The molecular weight excluding hydrogens is 262 g/mol. The first-order valence-electron chi connectivity index (χ1n) is 7.61. The SMILES string of the molecule is C[C@H](C(=O)NCC1CCC1)n1cc(-c2ccccc2)cn1. The first-order chi connectivity index (χ1) is 10.2. The van der Waals surface area contributed by atoms with Crippen LogP contribution in [0.3, 0.4) is 0 Å². The third-order valence-electron chi connectivity index (χ3n) is 4.27. The molecule has 1 aliphatic carbocycles. The molecule has 110 valence electrons. The summed E-state index contributed by atoms with van der Waals surface area (Å²) in [6.45, 7) is 2.69. The van der Waals surface area contributed by atoms with Gasteiger partial charge in [0, 0.05) is 18.3 Å². The van der Waals surface area contributed by atoms with Gasteiger partial charge < -0.3 is 5.32 Å². The summed E-state index contributed by atoms with van der Waals surface area (Å²) >= 11 is 0. The fourth-order valence-corrected chi connectivity index (χ4v) is 2.54. The van der Waals surface area contributed by atoms with Gasteiger partial charge in [0.15, 0.2) is 0 Å². The van der Waals surface area contributed by atoms with Crippen molar-refractivity contribution in [2.75, 3.05) is 6.54 Å². The normalized spacial score (nSPS) is 16.2. The third-order valence-corrected chi connectivity index (χ3v) is 4.27. The van der Waals surface area contributed by atoms with E-state index in [0.717, 1.165) is 17.7 Å². The Kier molecular flexibility index (Phi) is 4.04. The number of amides is 1. The average molecular weight is 283 g/mol. The first kappa shape index (κ1) is 13.9. The van der Waals surface area contributed by atoms with Crippen molar-refractivity contribution in [3.05, 3.63) is 42.7 Å². The number of hydrogen-bond donors (Lipinski definition) is 1. The number of aromatic nitrogens is 2. The Morgan fingerprint density at radius 1 is 1.33 bits per heavy atom. The van der Waals surface area contributed by atoms with E-state index in [2.05, 4.69) is 10.4 Å². The molecule has 1 N–H and O–H groups in total. The van der Waals surface area contributed by atoms with E-state index in [1.807, 2.05) is 49.6 Å². The van der Waals surface area contributed by atoms with Crippen molar-refractivity contribution in [3.8, 4) is 11.1 Å². The van der Waals surface area contributed by atoms with Crippen LogP contribution >= 0.6 is 0 Å². The van der Waals surface area contributed by atoms with E-state index >= 15 is 0 Å². The molecule has 21 heavy (non-hydrogen) atoms. The minimum absolute atomic E-state index is 0.0459. The van der Waals surface area contributed by atoms with Crippen LogP contribution in [0.1, 0.15) is 32.2 Å². The van der Waals surface area contributed by atoms with Crippen molar-refractivity contribution in [2.24, 2.45) is 5.92 Å². The van der Waals surface area contributed by atoms with Crippen LogP contribution in [0.5, 0.6) is 0 Å². The van der Waals surface area contributed by atoms with Gasteiger partial charge in [0.05, 0.1) is 6.20 Å². The Morgan fingerprint density at radius 2 is 2.10 bits per heavy atom. The van der Waals surface area contributed by atoms with Gasteiger partial charge in [-0.2, -0.15) is 5.10 Å². The highest BCUT2D eigenvalue weighted by Crippen LogP contribution is 2.25. The molecule has 0 unspecified atom stereocenters. The van der Waals surface area contributed by atoms with Gasteiger partial charge in [0.2, 0.25) is 5.91 Å². The van der Waals surface area contributed by atoms with Crippen LogP contribution in [0.4, 0.5) is 0 Å². The van der Waals surface area contributed by atoms with Crippen molar-refractivity contribution in [2.45, 2.75) is 32.2 Å². The number of carbonyl (C=O) groups is 1. The lowest BCUT2D eigenvalue weighted by molar-refractivity contribution is -0.124. The second kappa shape index (κ2) is 6.12. The molecule has 1 saturated carbocycles. The van der Waals surface area contributed by atoms with Gasteiger partial charge in [-0.3, -0.25) is 9.48 Å². The Bertz CT molecular complexity index is 602. The summed E-state index contributed by atoms with van der Waals surface area (Å²) in [5, 5.41) is 7.36. The summed E-state index contributed by atoms with van der Waals surface area (Å²) in [6.07, 6.45) is 7.53. The lowest BCUT2D eigenvalue weighted by atomic mass is 9.85. The van der Waals surface area contributed by atoms with Crippen molar-refractivity contribution >= 4 is 5.91 Å². The summed E-state index contributed by atoms with van der Waals surface area (Å²) in [4.78, 5) is 12.2. The number of nitrogens with one attached hydrogen (secondary N) is 1. The molecule has 0 saturated heterocycles. The Morgan fingerprint density at radius 3 is 2.76 bits per heavy atom. The van der Waals surface area contributed by atoms with Crippen molar-refractivity contribution in [3.63, 3.8) is 0 Å². The van der Waals surface area contributed by atoms with Crippen LogP contribution in [0.25, 0.3) is 11.1 Å². The van der Waals surface area contributed by atoms with Gasteiger partial charge in [-0.05, 0) is 31.2 Å². The lowest BCUT2D eigenvalue weighted by Gasteiger charge is -2.26. The standard InChI is InChI=1S/C17H21N3O/c1-13(17(21)18-10-14-6-5-7-14)20-12-16(11-19-20)15-8-3-2-4-9-15/h2-4,8-9,11-14H,5-7,10H2,1H3,(H,18,21)/t13-/m1/s1. The quantitative estimate of drug-likeness (QED) is 0.917. The molecule has 0 radical (unpaired) electrons. The Labute approximate surface area is 125 Å². The van der Waals surface area contributed by atoms with Crippen LogP contribution < -0.4 is 5.32 Å². The van der Waals surface area contributed by atoms with E-state index in [-0.39, 0.29) is 11.9 Å². The number of carbonyl (C=O) groups excluding carboxylic acids is 1. The van der Waals surface area contributed by atoms with Crippen LogP contribution in [0, 0.1) is 5.92 Å². The van der Waals surface area contributed by atoms with E-state index in [0.29, 0.717) is 5.92 Å². The molecule has 1 aromatic heterocycles. The minimum Gasteiger partial charge on any atom is -0.354 e. The van der Waals surface area contributed by atoms with E-state index in [9.17, 15) is 4.79 Å². The largest absolute Gasteiger partial charge is 0.354 e. The maximum absolute atomic E-state index is 12.2. The zero-order valence-electron chi connectivity index (χ0n) is 12.3. The maximum Gasteiger partial charge on any atom is 0.244 e. The topological polar surface area (TPSA) is 46.9 Å². The van der Waals surface area contributed by atoms with Gasteiger partial charge in [-0.15, -0.1) is 0 Å². The molecule has 0 bridgehead atoms. The summed E-state index contributed by atoms with van der Waals surface area (Å²) < 4.78 is 1.73. The van der Waals surface area contributed by atoms with Gasteiger partial charge in [0.25, 0.3) is 0 Å². The fraction of sp³-hybridized carbons (Fsp3) is 0.412. The minimum atomic E-state index is -0.275. The molecule has 3 rings (SSSR count). The molecule has 4 heteroatoms. The second-order valence-corrected chi connectivity index (χ2v) is 5.79. The summed E-state index contributed by atoms with van der Waals surface area (Å²) in [5.74, 6) is 0.725. The molecule has 2 aromatic rings. The van der Waals surface area contributed by atoms with Gasteiger partial charge in [-0.25, -0.2) is 0 Å². The Balaban J connectivity index is 1.63. The van der Waals surface area contributed by atoms with E-state index in [1.165, 1.54) is 19.3 Å². The van der Waals surface area contributed by atoms with Gasteiger partial charge in [0.1, 0.15) is 6.04 Å². The highest BCUT2D eigenvalue weighted by atomic mass is 16.2. The lowest BCUT2D eigenvalue weighted by Crippen LogP contribution is -2.36. The van der Waals surface area contributed by atoms with Crippen LogP contribution in [0.2, 0.25) is 0 Å². The van der Waals surface area contributed by atoms with Crippen LogP contribution in [-0.4, -0.2) is 22.2 Å². The fourth-order valence-electron chi connectivity index (χ4n) is 2.54. The van der Waals surface area contributed by atoms with Crippen LogP contribution in [-0.2, 0) is 4.79 Å². The summed E-state index contributed by atoms with van der Waals surface area (Å²) in [7, 11) is 0. The molecule has 1 atom stereocenters. The van der Waals surface area contributed by atoms with Gasteiger partial charge >= 0.3 is 0 Å². The monoisotopic (exact) mass is 283 g/mol. The average Bonchev–Trinajstić information content (AvgIpc) is 2.95. The smallest absolute Gasteiger partial charge is 0.244 e. The zero-order chi connectivity index (χ0) is 14.7. The number of nitrogens with zero attached hydrogens (tertiary/aromatic N) is 2. The van der Waals surface area contributed by atoms with Crippen molar-refractivity contribution < 1.29 is 4.79 Å². The summed E-state index contributed by atoms with van der Waals surface area (Å²) in [5.41, 5.74) is 2.15. The highest BCUT2D eigenvalue weighted by molar-refractivity contribution is 5.80. The zero-order valence-corrected chi connectivity index (χ0v) is 12.3. The molecule has 1 heterocycles. The molecule has 1 amide bonds. The molecule has 4 nitrogen and oxygen atoms in total. The van der Waals surface area contributed by atoms with Crippen molar-refractivity contribution in [1.82, 2.24) is 15.1 Å². The molecular formula is C17H21N3O. The van der Waals surface area contributed by atoms with Gasteiger partial charge in [-0.1, -0.05) is 36.8 Å². The maximum atomic E-state index is 12.2. The number of benzene rings is 1. The van der Waals surface area contributed by atoms with E-state index < -0.39 is 0 Å². The second-order valence-electron chi connectivity index (χ2n) is 5.79. The molecule has 1 aliphatic rings. The number of rotatable bonds is 5. The molecule has 0 aliphatic heterocycles.